The smallest absolute Gasteiger partial charge is 0.236 e. The fourth-order valence-corrected chi connectivity index (χ4v) is 1.97. The average molecular weight is 238 g/mol. The van der Waals surface area contributed by atoms with E-state index >= 15 is 0 Å². The van der Waals surface area contributed by atoms with Gasteiger partial charge in [0.2, 0.25) is 5.89 Å². The lowest BCUT2D eigenvalue weighted by atomic mass is 10.0. The van der Waals surface area contributed by atoms with Crippen molar-refractivity contribution in [2.45, 2.75) is 39.0 Å². The Morgan fingerprint density at radius 1 is 1.59 bits per heavy atom. The van der Waals surface area contributed by atoms with Gasteiger partial charge < -0.3 is 9.26 Å². The molecule has 0 saturated carbocycles. The zero-order valence-electron chi connectivity index (χ0n) is 10.3. The van der Waals surface area contributed by atoms with Crippen LogP contribution in [0.3, 0.4) is 0 Å². The highest BCUT2D eigenvalue weighted by molar-refractivity contribution is 5.83. The molecule has 0 N–H and O–H groups in total. The van der Waals surface area contributed by atoms with Gasteiger partial charge in [0.15, 0.2) is 5.82 Å². The van der Waals surface area contributed by atoms with E-state index in [2.05, 4.69) is 10.1 Å². The summed E-state index contributed by atoms with van der Waals surface area (Å²) >= 11 is 0. The SMILES string of the molecule is CCC(=O)C(C)c1nc(CC2CCOC2)no1. The molecule has 1 fully saturated rings. The lowest BCUT2D eigenvalue weighted by molar-refractivity contribution is -0.120. The molecule has 2 heterocycles. The van der Waals surface area contributed by atoms with Crippen LogP contribution in [0.15, 0.2) is 4.52 Å². The minimum Gasteiger partial charge on any atom is -0.381 e. The fourth-order valence-electron chi connectivity index (χ4n) is 1.97. The Morgan fingerprint density at radius 3 is 3.06 bits per heavy atom. The van der Waals surface area contributed by atoms with Crippen molar-refractivity contribution >= 4 is 5.78 Å². The Morgan fingerprint density at radius 2 is 2.41 bits per heavy atom. The second-order valence-corrected chi connectivity index (χ2v) is 4.52. The van der Waals surface area contributed by atoms with E-state index in [4.69, 9.17) is 9.26 Å². The average Bonchev–Trinajstić information content (AvgIpc) is 2.99. The van der Waals surface area contributed by atoms with E-state index < -0.39 is 0 Å². The molecule has 0 spiro atoms. The number of rotatable bonds is 5. The van der Waals surface area contributed by atoms with E-state index in [1.807, 2.05) is 13.8 Å². The normalized spacial score (nSPS) is 21.6. The van der Waals surface area contributed by atoms with Crippen LogP contribution >= 0.6 is 0 Å². The molecule has 1 aromatic rings. The summed E-state index contributed by atoms with van der Waals surface area (Å²) in [6.07, 6.45) is 2.32. The van der Waals surface area contributed by atoms with Crippen LogP contribution in [0.1, 0.15) is 44.3 Å². The van der Waals surface area contributed by atoms with Crippen molar-refractivity contribution in [1.82, 2.24) is 10.1 Å². The first-order valence-electron chi connectivity index (χ1n) is 6.13. The molecule has 0 aromatic carbocycles. The lowest BCUT2D eigenvalue weighted by Gasteiger charge is -2.02. The predicted octanol–water partition coefficient (Wildman–Crippen LogP) is 1.73. The summed E-state index contributed by atoms with van der Waals surface area (Å²) < 4.78 is 10.4. The van der Waals surface area contributed by atoms with Gasteiger partial charge >= 0.3 is 0 Å². The van der Waals surface area contributed by atoms with Gasteiger partial charge in [-0.25, -0.2) is 0 Å². The minimum absolute atomic E-state index is 0.129. The molecule has 1 aromatic heterocycles. The van der Waals surface area contributed by atoms with Crippen LogP contribution in [0.2, 0.25) is 0 Å². The topological polar surface area (TPSA) is 65.2 Å². The number of nitrogens with zero attached hydrogens (tertiary/aromatic N) is 2. The van der Waals surface area contributed by atoms with Crippen LogP contribution in [-0.2, 0) is 16.0 Å². The minimum atomic E-state index is -0.291. The third-order valence-corrected chi connectivity index (χ3v) is 3.18. The third kappa shape index (κ3) is 2.91. The van der Waals surface area contributed by atoms with E-state index in [1.165, 1.54) is 0 Å². The summed E-state index contributed by atoms with van der Waals surface area (Å²) in [6.45, 7) is 5.24. The van der Waals surface area contributed by atoms with Crippen LogP contribution in [0, 0.1) is 5.92 Å². The number of ketones is 1. The van der Waals surface area contributed by atoms with Gasteiger partial charge in [0.05, 0.1) is 5.92 Å². The Hall–Kier alpha value is -1.23. The summed E-state index contributed by atoms with van der Waals surface area (Å²) in [5, 5.41) is 3.92. The number of ether oxygens (including phenoxy) is 1. The number of aromatic nitrogens is 2. The Kier molecular flexibility index (Phi) is 3.89. The third-order valence-electron chi connectivity index (χ3n) is 3.18. The molecule has 5 heteroatoms. The highest BCUT2D eigenvalue weighted by atomic mass is 16.5. The molecule has 1 aliphatic rings. The largest absolute Gasteiger partial charge is 0.381 e. The maximum absolute atomic E-state index is 11.5. The summed E-state index contributed by atoms with van der Waals surface area (Å²) in [5.41, 5.74) is 0. The molecule has 17 heavy (non-hydrogen) atoms. The molecule has 2 unspecified atom stereocenters. The summed E-state index contributed by atoms with van der Waals surface area (Å²) in [5.74, 6) is 1.44. The number of hydrogen-bond acceptors (Lipinski definition) is 5. The van der Waals surface area contributed by atoms with E-state index in [0.717, 1.165) is 26.1 Å². The number of carbonyl (C=O) groups excluding carboxylic acids is 1. The number of hydrogen-bond donors (Lipinski definition) is 0. The van der Waals surface area contributed by atoms with Crippen molar-refractivity contribution in [3.8, 4) is 0 Å². The molecule has 1 saturated heterocycles. The van der Waals surface area contributed by atoms with Crippen molar-refractivity contribution in [2.75, 3.05) is 13.2 Å². The van der Waals surface area contributed by atoms with Gasteiger partial charge in [-0.1, -0.05) is 12.1 Å². The van der Waals surface area contributed by atoms with Crippen LogP contribution in [-0.4, -0.2) is 29.1 Å². The molecule has 0 bridgehead atoms. The van der Waals surface area contributed by atoms with Crippen molar-refractivity contribution in [3.05, 3.63) is 11.7 Å². The van der Waals surface area contributed by atoms with Gasteiger partial charge in [0.1, 0.15) is 5.78 Å². The van der Waals surface area contributed by atoms with E-state index in [-0.39, 0.29) is 11.7 Å². The second kappa shape index (κ2) is 5.40. The quantitative estimate of drug-likeness (QED) is 0.781. The summed E-state index contributed by atoms with van der Waals surface area (Å²) in [4.78, 5) is 15.8. The fraction of sp³-hybridized carbons (Fsp3) is 0.750. The molecular formula is C12H18N2O3. The maximum Gasteiger partial charge on any atom is 0.236 e. The van der Waals surface area contributed by atoms with Gasteiger partial charge in [-0.15, -0.1) is 0 Å². The monoisotopic (exact) mass is 238 g/mol. The van der Waals surface area contributed by atoms with Crippen LogP contribution in [0.5, 0.6) is 0 Å². The first kappa shape index (κ1) is 12.2. The maximum atomic E-state index is 11.5. The molecule has 5 nitrogen and oxygen atoms in total. The molecule has 0 amide bonds. The van der Waals surface area contributed by atoms with Gasteiger partial charge in [-0.2, -0.15) is 4.98 Å². The first-order valence-corrected chi connectivity index (χ1v) is 6.13. The standard InChI is InChI=1S/C12H18N2O3/c1-3-10(15)8(2)12-13-11(14-17-12)6-9-4-5-16-7-9/h8-9H,3-7H2,1-2H3. The number of carbonyl (C=O) groups is 1. The van der Waals surface area contributed by atoms with Crippen molar-refractivity contribution in [1.29, 1.82) is 0 Å². The van der Waals surface area contributed by atoms with E-state index in [0.29, 0.717) is 24.1 Å². The van der Waals surface area contributed by atoms with Gasteiger partial charge in [-0.3, -0.25) is 4.79 Å². The Bertz CT molecular complexity index is 383. The summed E-state index contributed by atoms with van der Waals surface area (Å²) in [7, 11) is 0. The van der Waals surface area contributed by atoms with Crippen molar-refractivity contribution in [3.63, 3.8) is 0 Å². The van der Waals surface area contributed by atoms with Gasteiger partial charge in [-0.05, 0) is 19.3 Å². The van der Waals surface area contributed by atoms with Gasteiger partial charge in [0, 0.05) is 26.1 Å². The second-order valence-electron chi connectivity index (χ2n) is 4.52. The highest BCUT2D eigenvalue weighted by Gasteiger charge is 2.23. The first-order chi connectivity index (χ1) is 8.20. The highest BCUT2D eigenvalue weighted by Crippen LogP contribution is 2.19. The zero-order valence-corrected chi connectivity index (χ0v) is 10.3. The van der Waals surface area contributed by atoms with Crippen LogP contribution in [0.25, 0.3) is 0 Å². The summed E-state index contributed by atoms with van der Waals surface area (Å²) in [6, 6.07) is 0. The lowest BCUT2D eigenvalue weighted by Crippen LogP contribution is -2.08. The predicted molar refractivity (Wildman–Crippen MR) is 60.6 cm³/mol. The number of Topliss-reactive ketones (excluding diaryl/α,β-unsaturated/α-hetero) is 1. The van der Waals surface area contributed by atoms with E-state index in [9.17, 15) is 4.79 Å². The molecule has 0 radical (unpaired) electrons. The van der Waals surface area contributed by atoms with Crippen molar-refractivity contribution in [2.24, 2.45) is 5.92 Å². The molecular weight excluding hydrogens is 220 g/mol. The van der Waals surface area contributed by atoms with Crippen molar-refractivity contribution < 1.29 is 14.1 Å². The van der Waals surface area contributed by atoms with Crippen LogP contribution in [0.4, 0.5) is 0 Å². The molecule has 94 valence electrons. The van der Waals surface area contributed by atoms with E-state index in [1.54, 1.807) is 0 Å². The Labute approximate surface area is 101 Å². The molecule has 1 aliphatic heterocycles. The Balaban J connectivity index is 1.97. The zero-order chi connectivity index (χ0) is 12.3. The molecule has 0 aliphatic carbocycles. The molecule has 2 rings (SSSR count). The van der Waals surface area contributed by atoms with Crippen LogP contribution < -0.4 is 0 Å². The molecule has 2 atom stereocenters. The van der Waals surface area contributed by atoms with Gasteiger partial charge in [0.25, 0.3) is 0 Å².